The van der Waals surface area contributed by atoms with Crippen molar-refractivity contribution in [2.24, 2.45) is 5.41 Å². The second-order valence-corrected chi connectivity index (χ2v) is 6.94. The van der Waals surface area contributed by atoms with Crippen LogP contribution in [0.25, 0.3) is 5.65 Å². The van der Waals surface area contributed by atoms with Gasteiger partial charge in [0, 0.05) is 18.1 Å². The number of ether oxygens (including phenoxy) is 1. The molecule has 2 heterocycles. The molecule has 1 saturated carbocycles. The molecule has 2 aromatic heterocycles. The predicted molar refractivity (Wildman–Crippen MR) is 84.4 cm³/mol. The van der Waals surface area contributed by atoms with E-state index in [2.05, 4.69) is 34.8 Å². The van der Waals surface area contributed by atoms with E-state index in [1.165, 1.54) is 12.7 Å². The smallest absolute Gasteiger partial charge is 0.306 e. The van der Waals surface area contributed by atoms with Crippen molar-refractivity contribution in [3.8, 4) is 0 Å². The number of aromatic nitrogens is 2. The third-order valence-electron chi connectivity index (χ3n) is 4.01. The third kappa shape index (κ3) is 3.40. The fourth-order valence-corrected chi connectivity index (χ4v) is 3.80. The molecule has 4 nitrogen and oxygen atoms in total. The topological polar surface area (TPSA) is 43.6 Å². The first-order chi connectivity index (χ1) is 10.1. The van der Waals surface area contributed by atoms with Crippen LogP contribution in [0.5, 0.6) is 0 Å². The third-order valence-corrected chi connectivity index (χ3v) is 5.33. The molecule has 5 heteroatoms. The summed E-state index contributed by atoms with van der Waals surface area (Å²) >= 11 is 1.86. The molecule has 3 rings (SSSR count). The normalized spacial score (nSPS) is 16.1. The summed E-state index contributed by atoms with van der Waals surface area (Å²) in [4.78, 5) is 16.0. The van der Waals surface area contributed by atoms with Crippen LogP contribution in [-0.4, -0.2) is 28.2 Å². The van der Waals surface area contributed by atoms with Gasteiger partial charge in [-0.15, -0.1) is 0 Å². The standard InChI is InChI=1S/C16H20N2O2S/c1-12-3-4-14-17-13(9-18(14)8-12)10-21-11-16(5-6-16)7-15(19)20-2/h3-4,8-9H,5-7,10-11H2,1-2H3. The van der Waals surface area contributed by atoms with Crippen molar-refractivity contribution in [2.75, 3.05) is 12.9 Å². The van der Waals surface area contributed by atoms with Crippen LogP contribution in [0.4, 0.5) is 0 Å². The number of carbonyl (C=O) groups is 1. The van der Waals surface area contributed by atoms with Crippen LogP contribution in [0.3, 0.4) is 0 Å². The first kappa shape index (κ1) is 14.4. The zero-order valence-corrected chi connectivity index (χ0v) is 13.3. The first-order valence-corrected chi connectivity index (χ1v) is 8.35. The number of carbonyl (C=O) groups excluding carboxylic acids is 1. The minimum absolute atomic E-state index is 0.0868. The lowest BCUT2D eigenvalue weighted by Gasteiger charge is -2.12. The summed E-state index contributed by atoms with van der Waals surface area (Å²) in [6.45, 7) is 2.08. The van der Waals surface area contributed by atoms with E-state index in [0.717, 1.165) is 35.7 Å². The van der Waals surface area contributed by atoms with Gasteiger partial charge in [0.15, 0.2) is 0 Å². The van der Waals surface area contributed by atoms with Crippen molar-refractivity contribution < 1.29 is 9.53 Å². The molecule has 2 aromatic rings. The summed E-state index contributed by atoms with van der Waals surface area (Å²) in [5.41, 5.74) is 3.51. The molecular formula is C16H20N2O2S. The molecule has 1 aliphatic rings. The Kier molecular flexibility index (Phi) is 3.93. The zero-order chi connectivity index (χ0) is 14.9. The van der Waals surface area contributed by atoms with E-state index < -0.39 is 0 Å². The summed E-state index contributed by atoms with van der Waals surface area (Å²) in [7, 11) is 1.46. The highest BCUT2D eigenvalue weighted by Gasteiger charge is 2.44. The van der Waals surface area contributed by atoms with Crippen LogP contribution in [0.2, 0.25) is 0 Å². The Bertz CT molecular complexity index is 661. The van der Waals surface area contributed by atoms with Gasteiger partial charge in [-0.2, -0.15) is 11.8 Å². The lowest BCUT2D eigenvalue weighted by atomic mass is 10.1. The largest absolute Gasteiger partial charge is 0.469 e. The lowest BCUT2D eigenvalue weighted by molar-refractivity contribution is -0.141. The van der Waals surface area contributed by atoms with Crippen LogP contribution in [0.15, 0.2) is 24.5 Å². The number of pyridine rings is 1. The molecule has 0 unspecified atom stereocenters. The number of hydrogen-bond acceptors (Lipinski definition) is 4. The number of nitrogens with zero attached hydrogens (tertiary/aromatic N) is 2. The summed E-state index contributed by atoms with van der Waals surface area (Å²) in [5, 5.41) is 0. The van der Waals surface area contributed by atoms with E-state index in [9.17, 15) is 4.79 Å². The maximum absolute atomic E-state index is 11.4. The number of fused-ring (bicyclic) bond motifs is 1. The van der Waals surface area contributed by atoms with Crippen molar-refractivity contribution >= 4 is 23.4 Å². The molecular weight excluding hydrogens is 284 g/mol. The van der Waals surface area contributed by atoms with E-state index in [4.69, 9.17) is 4.74 Å². The molecule has 0 bridgehead atoms. The van der Waals surface area contributed by atoms with Crippen LogP contribution in [-0.2, 0) is 15.3 Å². The molecule has 21 heavy (non-hydrogen) atoms. The molecule has 1 aliphatic carbocycles. The quantitative estimate of drug-likeness (QED) is 0.769. The number of hydrogen-bond donors (Lipinski definition) is 0. The van der Waals surface area contributed by atoms with E-state index in [1.54, 1.807) is 0 Å². The van der Waals surface area contributed by atoms with Gasteiger partial charge in [-0.1, -0.05) is 6.07 Å². The minimum atomic E-state index is -0.0868. The average molecular weight is 304 g/mol. The number of rotatable bonds is 6. The molecule has 0 N–H and O–H groups in total. The minimum Gasteiger partial charge on any atom is -0.469 e. The van der Waals surface area contributed by atoms with E-state index in [0.29, 0.717) is 6.42 Å². The van der Waals surface area contributed by atoms with Gasteiger partial charge in [0.05, 0.1) is 19.2 Å². The van der Waals surface area contributed by atoms with Crippen molar-refractivity contribution in [2.45, 2.75) is 31.9 Å². The van der Waals surface area contributed by atoms with Gasteiger partial charge in [0.2, 0.25) is 0 Å². The van der Waals surface area contributed by atoms with Crippen LogP contribution in [0, 0.1) is 12.3 Å². The van der Waals surface area contributed by atoms with Crippen LogP contribution < -0.4 is 0 Å². The Morgan fingerprint density at radius 2 is 2.24 bits per heavy atom. The van der Waals surface area contributed by atoms with E-state index in [-0.39, 0.29) is 11.4 Å². The maximum Gasteiger partial charge on any atom is 0.306 e. The summed E-state index contributed by atoms with van der Waals surface area (Å²) in [5.74, 6) is 1.81. The molecule has 0 saturated heterocycles. The van der Waals surface area contributed by atoms with Crippen molar-refractivity contribution in [1.29, 1.82) is 0 Å². The number of aryl methyl sites for hydroxylation is 1. The summed E-state index contributed by atoms with van der Waals surface area (Å²) in [6.07, 6.45) is 7.02. The van der Waals surface area contributed by atoms with Gasteiger partial charge in [0.25, 0.3) is 0 Å². The fraction of sp³-hybridized carbons (Fsp3) is 0.500. The zero-order valence-electron chi connectivity index (χ0n) is 12.5. The Morgan fingerprint density at radius 1 is 1.43 bits per heavy atom. The molecule has 0 spiro atoms. The van der Waals surface area contributed by atoms with Crippen molar-refractivity contribution in [3.63, 3.8) is 0 Å². The molecule has 112 valence electrons. The number of imidazole rings is 1. The highest BCUT2D eigenvalue weighted by molar-refractivity contribution is 7.98. The van der Waals surface area contributed by atoms with Crippen LogP contribution in [0.1, 0.15) is 30.5 Å². The molecule has 0 aliphatic heterocycles. The molecule has 0 amide bonds. The SMILES string of the molecule is COC(=O)CC1(CSCc2cn3cc(C)ccc3n2)CC1. The Labute approximate surface area is 128 Å². The van der Waals surface area contributed by atoms with Crippen molar-refractivity contribution in [1.82, 2.24) is 9.38 Å². The van der Waals surface area contributed by atoms with Gasteiger partial charge in [-0.25, -0.2) is 4.98 Å². The second-order valence-electron chi connectivity index (χ2n) is 5.95. The second kappa shape index (κ2) is 5.72. The fourth-order valence-electron chi connectivity index (χ4n) is 2.52. The van der Waals surface area contributed by atoms with Gasteiger partial charge < -0.3 is 9.14 Å². The molecule has 0 radical (unpaired) electrons. The molecule has 1 fully saturated rings. The average Bonchev–Trinajstić information content (AvgIpc) is 3.09. The van der Waals surface area contributed by atoms with Crippen molar-refractivity contribution in [3.05, 3.63) is 35.8 Å². The van der Waals surface area contributed by atoms with Gasteiger partial charge >= 0.3 is 5.97 Å². The molecule has 0 aromatic carbocycles. The number of thioether (sulfide) groups is 1. The number of esters is 1. The summed E-state index contributed by atoms with van der Waals surface area (Å²) < 4.78 is 6.85. The van der Waals surface area contributed by atoms with Gasteiger partial charge in [-0.3, -0.25) is 4.79 Å². The van der Waals surface area contributed by atoms with Crippen LogP contribution >= 0.6 is 11.8 Å². The Hall–Kier alpha value is -1.49. The highest BCUT2D eigenvalue weighted by Crippen LogP contribution is 2.51. The van der Waals surface area contributed by atoms with Gasteiger partial charge in [-0.05, 0) is 42.6 Å². The van der Waals surface area contributed by atoms with E-state index >= 15 is 0 Å². The molecule has 0 atom stereocenters. The Balaban J connectivity index is 1.56. The Morgan fingerprint density at radius 3 is 2.95 bits per heavy atom. The highest BCUT2D eigenvalue weighted by atomic mass is 32.2. The summed E-state index contributed by atoms with van der Waals surface area (Å²) in [6, 6.07) is 4.12. The lowest BCUT2D eigenvalue weighted by Crippen LogP contribution is -2.13. The maximum atomic E-state index is 11.4. The predicted octanol–water partition coefficient (Wildman–Crippen LogP) is 3.22. The van der Waals surface area contributed by atoms with E-state index in [1.807, 2.05) is 17.8 Å². The van der Waals surface area contributed by atoms with Gasteiger partial charge in [0.1, 0.15) is 5.65 Å². The number of methoxy groups -OCH3 is 1. The first-order valence-electron chi connectivity index (χ1n) is 7.19. The monoisotopic (exact) mass is 304 g/mol.